The van der Waals surface area contributed by atoms with Crippen LogP contribution in [0.4, 0.5) is 4.79 Å². The molecule has 1 aliphatic heterocycles. The van der Waals surface area contributed by atoms with Crippen molar-refractivity contribution in [3.8, 4) is 5.75 Å². The number of hydrogen-bond donors (Lipinski definition) is 0. The van der Waals surface area contributed by atoms with Crippen LogP contribution in [0.2, 0.25) is 0 Å². The second-order valence-corrected chi connectivity index (χ2v) is 8.10. The van der Waals surface area contributed by atoms with Crippen molar-refractivity contribution < 1.29 is 14.3 Å². The summed E-state index contributed by atoms with van der Waals surface area (Å²) < 4.78 is 5.82. The Morgan fingerprint density at radius 1 is 0.966 bits per heavy atom. The second-order valence-electron chi connectivity index (χ2n) is 7.11. The average Bonchev–Trinajstić information content (AvgIpc) is 2.97. The molecule has 4 rings (SSSR count). The van der Waals surface area contributed by atoms with Gasteiger partial charge in [-0.05, 0) is 54.1 Å². The van der Waals surface area contributed by atoms with Crippen molar-refractivity contribution in [1.82, 2.24) is 4.90 Å². The molecule has 0 bridgehead atoms. The fourth-order valence-corrected chi connectivity index (χ4v) is 4.17. The molecule has 0 aliphatic carbocycles. The van der Waals surface area contributed by atoms with Crippen LogP contribution in [0.3, 0.4) is 0 Å². The first kappa shape index (κ1) is 19.3. The van der Waals surface area contributed by atoms with Gasteiger partial charge in [0.1, 0.15) is 5.75 Å². The van der Waals surface area contributed by atoms with Crippen LogP contribution in [0, 0.1) is 0 Å². The molecule has 2 amide bonds. The van der Waals surface area contributed by atoms with Gasteiger partial charge in [0.25, 0.3) is 11.1 Å². The molecule has 1 aliphatic rings. The molecule has 0 unspecified atom stereocenters. The largest absolute Gasteiger partial charge is 0.490 e. The molecule has 0 radical (unpaired) electrons. The standard InChI is InChI=1S/C24H21NO3S/c1-16(2)28-21-13-6-4-9-18(21)14-22-23(26)25(24(27)29-22)15-19-11-7-10-17-8-3-5-12-20(17)19/h3-14,16H,15H2,1-2H3/b22-14-. The Balaban J connectivity index is 1.62. The van der Waals surface area contributed by atoms with Gasteiger partial charge in [-0.1, -0.05) is 60.7 Å². The van der Waals surface area contributed by atoms with Crippen molar-refractivity contribution in [3.63, 3.8) is 0 Å². The summed E-state index contributed by atoms with van der Waals surface area (Å²) in [5.41, 5.74) is 1.74. The maximum atomic E-state index is 13.0. The minimum atomic E-state index is -0.271. The van der Waals surface area contributed by atoms with Crippen molar-refractivity contribution in [2.45, 2.75) is 26.5 Å². The fourth-order valence-electron chi connectivity index (χ4n) is 3.34. The van der Waals surface area contributed by atoms with Crippen molar-refractivity contribution in [2.75, 3.05) is 0 Å². The molecule has 29 heavy (non-hydrogen) atoms. The summed E-state index contributed by atoms with van der Waals surface area (Å²) >= 11 is 0.972. The molecule has 1 heterocycles. The number of benzene rings is 3. The number of fused-ring (bicyclic) bond motifs is 1. The van der Waals surface area contributed by atoms with E-state index < -0.39 is 0 Å². The highest BCUT2D eigenvalue weighted by Crippen LogP contribution is 2.35. The van der Waals surface area contributed by atoms with Crippen LogP contribution in [-0.2, 0) is 11.3 Å². The van der Waals surface area contributed by atoms with Gasteiger partial charge in [0.05, 0.1) is 17.6 Å². The average molecular weight is 404 g/mol. The van der Waals surface area contributed by atoms with E-state index in [0.29, 0.717) is 10.7 Å². The summed E-state index contributed by atoms with van der Waals surface area (Å²) in [5.74, 6) is 0.427. The molecule has 146 valence electrons. The maximum Gasteiger partial charge on any atom is 0.293 e. The molecule has 3 aromatic carbocycles. The zero-order valence-electron chi connectivity index (χ0n) is 16.3. The zero-order valence-corrected chi connectivity index (χ0v) is 17.1. The zero-order chi connectivity index (χ0) is 20.4. The Bertz CT molecular complexity index is 1110. The summed E-state index contributed by atoms with van der Waals surface area (Å²) in [6.45, 7) is 4.16. The van der Waals surface area contributed by atoms with E-state index in [1.807, 2.05) is 80.6 Å². The summed E-state index contributed by atoms with van der Waals surface area (Å²) in [4.78, 5) is 27.3. The van der Waals surface area contributed by atoms with Gasteiger partial charge in [-0.15, -0.1) is 0 Å². The number of amides is 2. The highest BCUT2D eigenvalue weighted by molar-refractivity contribution is 8.18. The molecule has 0 atom stereocenters. The molecule has 0 saturated carbocycles. The lowest BCUT2D eigenvalue weighted by molar-refractivity contribution is -0.123. The van der Waals surface area contributed by atoms with Crippen molar-refractivity contribution in [2.24, 2.45) is 0 Å². The molecule has 4 nitrogen and oxygen atoms in total. The van der Waals surface area contributed by atoms with Gasteiger partial charge in [-0.2, -0.15) is 0 Å². The summed E-state index contributed by atoms with van der Waals surface area (Å²) in [5, 5.41) is 1.89. The monoisotopic (exact) mass is 403 g/mol. The first-order valence-corrected chi connectivity index (χ1v) is 10.3. The normalized spacial score (nSPS) is 15.7. The Kier molecular flexibility index (Phi) is 5.41. The highest BCUT2D eigenvalue weighted by Gasteiger charge is 2.35. The van der Waals surface area contributed by atoms with Gasteiger partial charge in [0.15, 0.2) is 0 Å². The number of carbonyl (C=O) groups is 2. The first-order chi connectivity index (χ1) is 14.0. The van der Waals surface area contributed by atoms with Crippen LogP contribution in [0.25, 0.3) is 16.8 Å². The lowest BCUT2D eigenvalue weighted by Gasteiger charge is -2.14. The second kappa shape index (κ2) is 8.13. The van der Waals surface area contributed by atoms with E-state index in [1.165, 1.54) is 4.90 Å². The Labute approximate surface area is 174 Å². The smallest absolute Gasteiger partial charge is 0.293 e. The number of nitrogens with zero attached hydrogens (tertiary/aromatic N) is 1. The quantitative estimate of drug-likeness (QED) is 0.500. The number of rotatable bonds is 5. The van der Waals surface area contributed by atoms with Gasteiger partial charge < -0.3 is 4.74 Å². The number of ether oxygens (including phenoxy) is 1. The van der Waals surface area contributed by atoms with E-state index in [4.69, 9.17) is 4.74 Å². The summed E-state index contributed by atoms with van der Waals surface area (Å²) in [6, 6.07) is 21.4. The van der Waals surface area contributed by atoms with Crippen LogP contribution in [0.15, 0.2) is 71.6 Å². The number of carbonyl (C=O) groups excluding carboxylic acids is 2. The van der Waals surface area contributed by atoms with Crippen molar-refractivity contribution in [1.29, 1.82) is 0 Å². The first-order valence-electron chi connectivity index (χ1n) is 9.50. The van der Waals surface area contributed by atoms with E-state index in [2.05, 4.69) is 0 Å². The highest BCUT2D eigenvalue weighted by atomic mass is 32.2. The molecule has 1 saturated heterocycles. The van der Waals surface area contributed by atoms with Gasteiger partial charge in [-0.3, -0.25) is 14.5 Å². The number of imide groups is 1. The Morgan fingerprint density at radius 3 is 2.52 bits per heavy atom. The maximum absolute atomic E-state index is 13.0. The van der Waals surface area contributed by atoms with E-state index in [1.54, 1.807) is 6.08 Å². The van der Waals surface area contributed by atoms with Gasteiger partial charge in [0.2, 0.25) is 0 Å². The van der Waals surface area contributed by atoms with Crippen LogP contribution >= 0.6 is 11.8 Å². The predicted octanol–water partition coefficient (Wildman–Crippen LogP) is 5.86. The lowest BCUT2D eigenvalue weighted by Crippen LogP contribution is -2.27. The van der Waals surface area contributed by atoms with Crippen LogP contribution < -0.4 is 4.74 Å². The molecule has 0 aromatic heterocycles. The molecule has 3 aromatic rings. The van der Waals surface area contributed by atoms with Gasteiger partial charge in [0, 0.05) is 5.56 Å². The number of hydrogen-bond acceptors (Lipinski definition) is 4. The number of para-hydroxylation sites is 1. The van der Waals surface area contributed by atoms with Crippen molar-refractivity contribution >= 4 is 39.8 Å². The lowest BCUT2D eigenvalue weighted by atomic mass is 10.0. The topological polar surface area (TPSA) is 46.6 Å². The third kappa shape index (κ3) is 4.05. The SMILES string of the molecule is CC(C)Oc1ccccc1/C=C1\SC(=O)N(Cc2cccc3ccccc23)C1=O. The third-order valence-electron chi connectivity index (χ3n) is 4.65. The van der Waals surface area contributed by atoms with Crippen LogP contribution in [0.1, 0.15) is 25.0 Å². The van der Waals surface area contributed by atoms with Gasteiger partial charge >= 0.3 is 0 Å². The van der Waals surface area contributed by atoms with E-state index in [9.17, 15) is 9.59 Å². The predicted molar refractivity (Wildman–Crippen MR) is 118 cm³/mol. The van der Waals surface area contributed by atoms with E-state index in [-0.39, 0.29) is 23.8 Å². The molecule has 5 heteroatoms. The number of thioether (sulfide) groups is 1. The molecule has 0 spiro atoms. The van der Waals surface area contributed by atoms with Crippen LogP contribution in [-0.4, -0.2) is 22.2 Å². The summed E-state index contributed by atoms with van der Waals surface area (Å²) in [7, 11) is 0. The Hall–Kier alpha value is -3.05. The fraction of sp³-hybridized carbons (Fsp3) is 0.167. The Morgan fingerprint density at radius 2 is 1.69 bits per heavy atom. The molecule has 1 fully saturated rings. The van der Waals surface area contributed by atoms with Gasteiger partial charge in [-0.25, -0.2) is 0 Å². The minimum absolute atomic E-state index is 0.0194. The van der Waals surface area contributed by atoms with E-state index >= 15 is 0 Å². The van der Waals surface area contributed by atoms with Crippen molar-refractivity contribution in [3.05, 3.63) is 82.8 Å². The molecular formula is C24H21NO3S. The minimum Gasteiger partial charge on any atom is -0.490 e. The third-order valence-corrected chi connectivity index (χ3v) is 5.56. The molecule has 0 N–H and O–H groups in total. The molecular weight excluding hydrogens is 382 g/mol. The van der Waals surface area contributed by atoms with E-state index in [0.717, 1.165) is 33.7 Å². The summed E-state index contributed by atoms with van der Waals surface area (Å²) in [6.07, 6.45) is 1.76. The van der Waals surface area contributed by atoms with Crippen LogP contribution in [0.5, 0.6) is 5.75 Å².